The average Bonchev–Trinajstić information content (AvgIpc) is 2.98. The number of ether oxygens (including phenoxy) is 2. The fourth-order valence-electron chi connectivity index (χ4n) is 3.36. The summed E-state index contributed by atoms with van der Waals surface area (Å²) in [5, 5.41) is 0. The fourth-order valence-corrected chi connectivity index (χ4v) is 3.36. The van der Waals surface area contributed by atoms with Crippen LogP contribution in [-0.4, -0.2) is 43.4 Å². The Hall–Kier alpha value is -1.56. The maximum Gasteiger partial charge on any atom is 0.586 e. The van der Waals surface area contributed by atoms with Gasteiger partial charge in [-0.3, -0.25) is 4.90 Å². The summed E-state index contributed by atoms with van der Waals surface area (Å²) in [5.41, 5.74) is 0.927. The van der Waals surface area contributed by atoms with Crippen LogP contribution in [-0.2, 0) is 0 Å². The first-order chi connectivity index (χ1) is 9.61. The molecule has 1 aromatic rings. The second-order valence-corrected chi connectivity index (χ2v) is 5.58. The van der Waals surface area contributed by atoms with E-state index in [1.807, 2.05) is 6.07 Å². The fraction of sp³-hybridized carbons (Fsp3) is 0.571. The molecule has 0 N–H and O–H groups in total. The molecule has 0 bridgehead atoms. The first-order valence-electron chi connectivity index (χ1n) is 7.00. The Balaban J connectivity index is 1.55. The van der Waals surface area contributed by atoms with Crippen molar-refractivity contribution in [3.8, 4) is 11.5 Å². The SMILES string of the molecule is FC1(F)Oc2ccc(N3CCN4CCCC4C3)cc2O1. The molecule has 4 rings (SSSR count). The molecule has 2 fully saturated rings. The maximum atomic E-state index is 13.0. The normalized spacial score (nSPS) is 27.7. The molecule has 1 atom stereocenters. The average molecular weight is 282 g/mol. The Kier molecular flexibility index (Phi) is 2.57. The van der Waals surface area contributed by atoms with E-state index in [2.05, 4.69) is 19.3 Å². The van der Waals surface area contributed by atoms with E-state index < -0.39 is 6.29 Å². The van der Waals surface area contributed by atoms with Gasteiger partial charge in [-0.1, -0.05) is 0 Å². The molecule has 2 saturated heterocycles. The monoisotopic (exact) mass is 282 g/mol. The minimum absolute atomic E-state index is 0.109. The van der Waals surface area contributed by atoms with Crippen LogP contribution in [0.5, 0.6) is 11.5 Å². The van der Waals surface area contributed by atoms with Gasteiger partial charge < -0.3 is 14.4 Å². The van der Waals surface area contributed by atoms with Crippen molar-refractivity contribution in [1.29, 1.82) is 0 Å². The van der Waals surface area contributed by atoms with Crippen LogP contribution in [0.2, 0.25) is 0 Å². The van der Waals surface area contributed by atoms with E-state index in [-0.39, 0.29) is 11.5 Å². The molecule has 3 aliphatic heterocycles. The van der Waals surface area contributed by atoms with Crippen molar-refractivity contribution in [2.24, 2.45) is 0 Å². The van der Waals surface area contributed by atoms with Crippen LogP contribution in [0.1, 0.15) is 12.8 Å². The van der Waals surface area contributed by atoms with Gasteiger partial charge in [-0.15, -0.1) is 8.78 Å². The summed E-state index contributed by atoms with van der Waals surface area (Å²) in [5.74, 6) is 0.236. The molecule has 0 saturated carbocycles. The van der Waals surface area contributed by atoms with Gasteiger partial charge in [0.25, 0.3) is 0 Å². The van der Waals surface area contributed by atoms with Gasteiger partial charge in [0.05, 0.1) is 0 Å². The number of halogens is 2. The Morgan fingerprint density at radius 2 is 1.95 bits per heavy atom. The second kappa shape index (κ2) is 4.22. The molecule has 4 nitrogen and oxygen atoms in total. The smallest absolute Gasteiger partial charge is 0.395 e. The van der Waals surface area contributed by atoms with E-state index >= 15 is 0 Å². The summed E-state index contributed by atoms with van der Waals surface area (Å²) in [4.78, 5) is 4.75. The van der Waals surface area contributed by atoms with Crippen molar-refractivity contribution in [2.45, 2.75) is 25.2 Å². The van der Waals surface area contributed by atoms with Gasteiger partial charge in [0, 0.05) is 37.4 Å². The molecule has 0 radical (unpaired) electrons. The topological polar surface area (TPSA) is 24.9 Å². The zero-order valence-corrected chi connectivity index (χ0v) is 11.0. The van der Waals surface area contributed by atoms with Gasteiger partial charge in [-0.05, 0) is 31.5 Å². The van der Waals surface area contributed by atoms with E-state index in [4.69, 9.17) is 0 Å². The second-order valence-electron chi connectivity index (χ2n) is 5.58. The largest absolute Gasteiger partial charge is 0.586 e. The van der Waals surface area contributed by atoms with Gasteiger partial charge in [0.2, 0.25) is 0 Å². The zero-order chi connectivity index (χ0) is 13.7. The lowest BCUT2D eigenvalue weighted by molar-refractivity contribution is -0.286. The highest BCUT2D eigenvalue weighted by Crippen LogP contribution is 2.43. The Morgan fingerprint density at radius 3 is 2.85 bits per heavy atom. The van der Waals surface area contributed by atoms with Gasteiger partial charge in [0.1, 0.15) is 0 Å². The van der Waals surface area contributed by atoms with Crippen molar-refractivity contribution in [3.63, 3.8) is 0 Å². The van der Waals surface area contributed by atoms with Crippen LogP contribution in [0, 0.1) is 0 Å². The van der Waals surface area contributed by atoms with Crippen molar-refractivity contribution >= 4 is 5.69 Å². The Labute approximate surface area is 115 Å². The number of alkyl halides is 2. The third kappa shape index (κ3) is 1.98. The summed E-state index contributed by atoms with van der Waals surface area (Å²) >= 11 is 0. The standard InChI is InChI=1S/C14H16F2N2O2/c15-14(16)19-12-4-3-10(8-13(12)20-14)18-7-6-17-5-1-2-11(17)9-18/h3-4,8,11H,1-2,5-7,9H2. The summed E-state index contributed by atoms with van der Waals surface area (Å²) in [7, 11) is 0. The minimum atomic E-state index is -3.54. The van der Waals surface area contributed by atoms with E-state index in [1.54, 1.807) is 12.1 Å². The van der Waals surface area contributed by atoms with E-state index in [0.717, 1.165) is 25.3 Å². The van der Waals surface area contributed by atoms with Gasteiger partial charge in [-0.2, -0.15) is 0 Å². The molecule has 0 aromatic heterocycles. The molecule has 0 aliphatic carbocycles. The summed E-state index contributed by atoms with van der Waals surface area (Å²) in [6, 6.07) is 5.64. The number of piperazine rings is 1. The van der Waals surface area contributed by atoms with Crippen LogP contribution >= 0.6 is 0 Å². The van der Waals surface area contributed by atoms with Crippen molar-refractivity contribution in [3.05, 3.63) is 18.2 Å². The minimum Gasteiger partial charge on any atom is -0.395 e. The first-order valence-corrected chi connectivity index (χ1v) is 7.00. The molecule has 1 unspecified atom stereocenters. The molecule has 0 amide bonds. The van der Waals surface area contributed by atoms with Crippen LogP contribution in [0.4, 0.5) is 14.5 Å². The summed E-state index contributed by atoms with van der Waals surface area (Å²) in [6.07, 6.45) is -1.06. The molecule has 108 valence electrons. The highest BCUT2D eigenvalue weighted by Gasteiger charge is 2.43. The van der Waals surface area contributed by atoms with Crippen LogP contribution in [0.3, 0.4) is 0 Å². The number of rotatable bonds is 1. The quantitative estimate of drug-likeness (QED) is 0.789. The highest BCUT2D eigenvalue weighted by molar-refractivity contribution is 5.57. The molecular weight excluding hydrogens is 266 g/mol. The van der Waals surface area contributed by atoms with Gasteiger partial charge in [-0.25, -0.2) is 0 Å². The molecule has 20 heavy (non-hydrogen) atoms. The third-order valence-corrected chi connectivity index (χ3v) is 4.34. The summed E-state index contributed by atoms with van der Waals surface area (Å²) in [6.45, 7) is 4.10. The molecule has 1 aromatic carbocycles. The van der Waals surface area contributed by atoms with Gasteiger partial charge in [0.15, 0.2) is 11.5 Å². The lowest BCUT2D eigenvalue weighted by atomic mass is 10.1. The molecule has 0 spiro atoms. The number of benzene rings is 1. The lowest BCUT2D eigenvalue weighted by Gasteiger charge is -2.38. The zero-order valence-electron chi connectivity index (χ0n) is 11.0. The number of fused-ring (bicyclic) bond motifs is 2. The predicted molar refractivity (Wildman–Crippen MR) is 69.5 cm³/mol. The third-order valence-electron chi connectivity index (χ3n) is 4.34. The molecule has 3 heterocycles. The van der Waals surface area contributed by atoms with Gasteiger partial charge >= 0.3 is 6.29 Å². The number of hydrogen-bond acceptors (Lipinski definition) is 4. The lowest BCUT2D eigenvalue weighted by Crippen LogP contribution is -2.50. The van der Waals surface area contributed by atoms with E-state index in [0.29, 0.717) is 6.04 Å². The van der Waals surface area contributed by atoms with E-state index in [9.17, 15) is 8.78 Å². The van der Waals surface area contributed by atoms with E-state index in [1.165, 1.54) is 19.4 Å². The number of anilines is 1. The maximum absolute atomic E-state index is 13.0. The molecule has 3 aliphatic rings. The predicted octanol–water partition coefficient (Wildman–Crippen LogP) is 2.29. The van der Waals surface area contributed by atoms with Crippen LogP contribution in [0.15, 0.2) is 18.2 Å². The molecular formula is C14H16F2N2O2. The van der Waals surface area contributed by atoms with Crippen molar-refractivity contribution in [2.75, 3.05) is 31.1 Å². The first kappa shape index (κ1) is 12.2. The number of nitrogens with zero attached hydrogens (tertiary/aromatic N) is 2. The Bertz CT molecular complexity index is 538. The number of hydrogen-bond donors (Lipinski definition) is 0. The Morgan fingerprint density at radius 1 is 1.10 bits per heavy atom. The highest BCUT2D eigenvalue weighted by atomic mass is 19.3. The van der Waals surface area contributed by atoms with Crippen molar-refractivity contribution < 1.29 is 18.3 Å². The summed E-state index contributed by atoms with van der Waals surface area (Å²) < 4.78 is 35.0. The van der Waals surface area contributed by atoms with Crippen LogP contribution < -0.4 is 14.4 Å². The van der Waals surface area contributed by atoms with Crippen molar-refractivity contribution in [1.82, 2.24) is 4.90 Å². The molecule has 6 heteroatoms. The van der Waals surface area contributed by atoms with Crippen LogP contribution in [0.25, 0.3) is 0 Å².